The third-order valence-electron chi connectivity index (χ3n) is 4.33. The number of amides is 1. The lowest BCUT2D eigenvalue weighted by atomic mass is 10.1. The maximum Gasteiger partial charge on any atom is 0.234 e. The van der Waals surface area contributed by atoms with Gasteiger partial charge in [0, 0.05) is 11.1 Å². The summed E-state index contributed by atoms with van der Waals surface area (Å²) in [4.78, 5) is 21.7. The highest BCUT2D eigenvalue weighted by Crippen LogP contribution is 2.27. The van der Waals surface area contributed by atoms with Gasteiger partial charge in [0.1, 0.15) is 0 Å². The first-order valence-corrected chi connectivity index (χ1v) is 10.7. The fourth-order valence-corrected chi connectivity index (χ4v) is 3.72. The van der Waals surface area contributed by atoms with E-state index in [-0.39, 0.29) is 11.7 Å². The van der Waals surface area contributed by atoms with Crippen molar-refractivity contribution in [2.75, 3.05) is 11.1 Å². The Hall–Kier alpha value is -3.15. The number of anilines is 1. The van der Waals surface area contributed by atoms with Crippen LogP contribution in [-0.4, -0.2) is 21.6 Å². The molecule has 0 atom stereocenters. The molecule has 0 saturated carbocycles. The van der Waals surface area contributed by atoms with Gasteiger partial charge in [0.25, 0.3) is 0 Å². The fraction of sp³-hybridized carbons (Fsp3) is 0.0417. The molecule has 30 heavy (non-hydrogen) atoms. The average molecular weight is 432 g/mol. The highest BCUT2D eigenvalue weighted by Gasteiger charge is 2.12. The van der Waals surface area contributed by atoms with E-state index >= 15 is 0 Å². The van der Waals surface area contributed by atoms with Crippen molar-refractivity contribution in [2.45, 2.75) is 5.16 Å². The van der Waals surface area contributed by atoms with Crippen LogP contribution in [0.25, 0.3) is 22.5 Å². The van der Waals surface area contributed by atoms with Crippen molar-refractivity contribution < 1.29 is 4.79 Å². The molecule has 6 heteroatoms. The van der Waals surface area contributed by atoms with Crippen LogP contribution >= 0.6 is 23.4 Å². The third kappa shape index (κ3) is 5.06. The Balaban J connectivity index is 1.57. The Kier molecular flexibility index (Phi) is 6.42. The molecule has 0 aliphatic heterocycles. The molecule has 1 N–H and O–H groups in total. The molecule has 1 heterocycles. The lowest BCUT2D eigenvalue weighted by Crippen LogP contribution is -2.14. The summed E-state index contributed by atoms with van der Waals surface area (Å²) < 4.78 is 0. The van der Waals surface area contributed by atoms with E-state index in [2.05, 4.69) is 15.3 Å². The predicted octanol–water partition coefficient (Wildman–Crippen LogP) is 6.19. The van der Waals surface area contributed by atoms with E-state index in [1.54, 1.807) is 12.1 Å². The van der Waals surface area contributed by atoms with Crippen molar-refractivity contribution in [3.8, 4) is 22.5 Å². The smallest absolute Gasteiger partial charge is 0.234 e. The molecular weight excluding hydrogens is 414 g/mol. The second kappa shape index (κ2) is 9.57. The van der Waals surface area contributed by atoms with Crippen molar-refractivity contribution in [2.24, 2.45) is 0 Å². The molecule has 0 bridgehead atoms. The zero-order chi connectivity index (χ0) is 20.8. The number of thioether (sulfide) groups is 1. The van der Waals surface area contributed by atoms with Crippen LogP contribution in [0.4, 0.5) is 5.69 Å². The molecule has 4 rings (SSSR count). The van der Waals surface area contributed by atoms with Crippen LogP contribution < -0.4 is 5.32 Å². The molecule has 148 valence electrons. The summed E-state index contributed by atoms with van der Waals surface area (Å²) in [5, 5.41) is 3.88. The topological polar surface area (TPSA) is 54.9 Å². The Morgan fingerprint density at radius 2 is 1.33 bits per heavy atom. The van der Waals surface area contributed by atoms with E-state index in [0.29, 0.717) is 15.9 Å². The number of carbonyl (C=O) groups excluding carboxylic acids is 1. The van der Waals surface area contributed by atoms with Crippen LogP contribution in [0.15, 0.2) is 96.2 Å². The summed E-state index contributed by atoms with van der Waals surface area (Å²) in [5.41, 5.74) is 4.23. The van der Waals surface area contributed by atoms with Crippen LogP contribution in [0, 0.1) is 0 Å². The normalized spacial score (nSPS) is 10.6. The quantitative estimate of drug-likeness (QED) is 0.292. The number of benzene rings is 3. The zero-order valence-electron chi connectivity index (χ0n) is 16.0. The maximum absolute atomic E-state index is 12.4. The van der Waals surface area contributed by atoms with Gasteiger partial charge in [-0.15, -0.1) is 0 Å². The number of halogens is 1. The lowest BCUT2D eigenvalue weighted by molar-refractivity contribution is -0.113. The fourth-order valence-electron chi connectivity index (χ4n) is 2.88. The minimum absolute atomic E-state index is 0.164. The van der Waals surface area contributed by atoms with Gasteiger partial charge in [-0.25, -0.2) is 9.97 Å². The first-order valence-electron chi connectivity index (χ1n) is 9.36. The molecule has 0 spiro atoms. The number of para-hydroxylation sites is 1. The molecule has 3 aromatic carbocycles. The number of rotatable bonds is 6. The summed E-state index contributed by atoms with van der Waals surface area (Å²) in [6, 6.07) is 29.0. The molecule has 0 saturated heterocycles. The summed E-state index contributed by atoms with van der Waals surface area (Å²) in [6.45, 7) is 0. The Morgan fingerprint density at radius 1 is 0.800 bits per heavy atom. The van der Waals surface area contributed by atoms with Crippen molar-refractivity contribution in [3.05, 3.63) is 96.0 Å². The number of nitrogens with zero attached hydrogens (tertiary/aromatic N) is 2. The summed E-state index contributed by atoms with van der Waals surface area (Å²) in [5.74, 6) is 0.0145. The van der Waals surface area contributed by atoms with Crippen molar-refractivity contribution in [3.63, 3.8) is 0 Å². The van der Waals surface area contributed by atoms with Gasteiger partial charge in [-0.3, -0.25) is 4.79 Å². The lowest BCUT2D eigenvalue weighted by Gasteiger charge is -2.09. The maximum atomic E-state index is 12.4. The molecule has 0 aliphatic rings. The average Bonchev–Trinajstić information content (AvgIpc) is 2.80. The van der Waals surface area contributed by atoms with Gasteiger partial charge < -0.3 is 5.32 Å². The Labute approximate surface area is 184 Å². The summed E-state index contributed by atoms with van der Waals surface area (Å²) in [6.07, 6.45) is 0. The van der Waals surface area contributed by atoms with Crippen molar-refractivity contribution in [1.82, 2.24) is 9.97 Å². The highest BCUT2D eigenvalue weighted by atomic mass is 35.5. The second-order valence-electron chi connectivity index (χ2n) is 6.47. The Bertz CT molecular complexity index is 1100. The van der Waals surface area contributed by atoms with Crippen LogP contribution in [0.5, 0.6) is 0 Å². The van der Waals surface area contributed by atoms with Crippen LogP contribution in [0.2, 0.25) is 5.02 Å². The minimum atomic E-state index is -0.164. The van der Waals surface area contributed by atoms with Crippen molar-refractivity contribution in [1.29, 1.82) is 0 Å². The SMILES string of the molecule is O=C(CSc1nc(-c2ccccc2)cc(-c2ccccc2)n1)Nc1ccccc1Cl. The van der Waals surface area contributed by atoms with Crippen molar-refractivity contribution >= 4 is 35.0 Å². The van der Waals surface area contributed by atoms with E-state index in [4.69, 9.17) is 11.6 Å². The molecular formula is C24H18ClN3OS. The van der Waals surface area contributed by atoms with Crippen LogP contribution in [0.3, 0.4) is 0 Å². The summed E-state index contributed by atoms with van der Waals surface area (Å²) in [7, 11) is 0. The number of hydrogen-bond acceptors (Lipinski definition) is 4. The van der Waals surface area contributed by atoms with Crippen LogP contribution in [-0.2, 0) is 4.79 Å². The number of carbonyl (C=O) groups is 1. The third-order valence-corrected chi connectivity index (χ3v) is 5.50. The molecule has 1 amide bonds. The van der Waals surface area contributed by atoms with E-state index < -0.39 is 0 Å². The minimum Gasteiger partial charge on any atom is -0.324 e. The van der Waals surface area contributed by atoms with Gasteiger partial charge >= 0.3 is 0 Å². The van der Waals surface area contributed by atoms with Gasteiger partial charge in [-0.1, -0.05) is 96.2 Å². The predicted molar refractivity (Wildman–Crippen MR) is 124 cm³/mol. The molecule has 4 aromatic rings. The number of aromatic nitrogens is 2. The molecule has 4 nitrogen and oxygen atoms in total. The van der Waals surface area contributed by atoms with Gasteiger partial charge in [-0.2, -0.15) is 0 Å². The molecule has 1 aromatic heterocycles. The van der Waals surface area contributed by atoms with E-state index in [0.717, 1.165) is 22.5 Å². The van der Waals surface area contributed by atoms with Gasteiger partial charge in [-0.05, 0) is 18.2 Å². The van der Waals surface area contributed by atoms with E-state index in [1.165, 1.54) is 11.8 Å². The zero-order valence-corrected chi connectivity index (χ0v) is 17.5. The first-order chi connectivity index (χ1) is 14.7. The number of nitrogens with one attached hydrogen (secondary N) is 1. The van der Waals surface area contributed by atoms with E-state index in [1.807, 2.05) is 78.9 Å². The molecule has 0 radical (unpaired) electrons. The molecule has 0 aliphatic carbocycles. The largest absolute Gasteiger partial charge is 0.324 e. The summed E-state index contributed by atoms with van der Waals surface area (Å²) >= 11 is 7.41. The second-order valence-corrected chi connectivity index (χ2v) is 7.82. The number of hydrogen-bond donors (Lipinski definition) is 1. The highest BCUT2D eigenvalue weighted by molar-refractivity contribution is 7.99. The van der Waals surface area contributed by atoms with Crippen LogP contribution in [0.1, 0.15) is 0 Å². The monoisotopic (exact) mass is 431 g/mol. The molecule has 0 unspecified atom stereocenters. The Morgan fingerprint density at radius 3 is 1.90 bits per heavy atom. The molecule has 0 fully saturated rings. The van der Waals surface area contributed by atoms with E-state index in [9.17, 15) is 4.79 Å². The van der Waals surface area contributed by atoms with Gasteiger partial charge in [0.2, 0.25) is 5.91 Å². The standard InChI is InChI=1S/C24H18ClN3OS/c25-19-13-7-8-14-20(19)26-23(29)16-30-24-27-21(17-9-3-1-4-10-17)15-22(28-24)18-11-5-2-6-12-18/h1-15H,16H2,(H,26,29). The van der Waals surface area contributed by atoms with Gasteiger partial charge in [0.05, 0.1) is 27.9 Å². The first kappa shape index (κ1) is 20.1. The van der Waals surface area contributed by atoms with Gasteiger partial charge in [0.15, 0.2) is 5.16 Å².